The molecular weight excluding hydrogens is 310 g/mol. The van der Waals surface area contributed by atoms with E-state index < -0.39 is 6.04 Å². The third-order valence-electron chi connectivity index (χ3n) is 4.01. The molecule has 1 aliphatic heterocycles. The van der Waals surface area contributed by atoms with Crippen LogP contribution >= 0.6 is 0 Å². The van der Waals surface area contributed by atoms with Crippen molar-refractivity contribution in [3.8, 4) is 5.75 Å². The molecule has 130 valence electrons. The van der Waals surface area contributed by atoms with Crippen LogP contribution in [0.3, 0.4) is 0 Å². The summed E-state index contributed by atoms with van der Waals surface area (Å²) in [5, 5.41) is 2.55. The molecular formula is C17H23N3O4. The summed E-state index contributed by atoms with van der Waals surface area (Å²) in [6.07, 6.45) is 0.232. The van der Waals surface area contributed by atoms with Crippen molar-refractivity contribution in [1.82, 2.24) is 15.1 Å². The van der Waals surface area contributed by atoms with Crippen LogP contribution in [0, 0.1) is 0 Å². The third-order valence-corrected chi connectivity index (χ3v) is 4.01. The van der Waals surface area contributed by atoms with Crippen molar-refractivity contribution < 1.29 is 19.1 Å². The molecule has 0 aliphatic carbocycles. The van der Waals surface area contributed by atoms with Crippen molar-refractivity contribution in [2.75, 3.05) is 33.3 Å². The van der Waals surface area contributed by atoms with Crippen LogP contribution in [0.25, 0.3) is 0 Å². The lowest BCUT2D eigenvalue weighted by molar-refractivity contribution is -0.147. The highest BCUT2D eigenvalue weighted by Crippen LogP contribution is 2.13. The summed E-state index contributed by atoms with van der Waals surface area (Å²) in [6, 6.07) is 8.65. The molecule has 3 amide bonds. The Hall–Kier alpha value is -2.57. The van der Waals surface area contributed by atoms with Gasteiger partial charge in [-0.2, -0.15) is 0 Å². The van der Waals surface area contributed by atoms with E-state index in [9.17, 15) is 14.4 Å². The van der Waals surface area contributed by atoms with E-state index in [4.69, 9.17) is 4.74 Å². The molecule has 1 aromatic rings. The summed E-state index contributed by atoms with van der Waals surface area (Å²) in [6.45, 7) is 2.71. The van der Waals surface area contributed by atoms with Crippen molar-refractivity contribution >= 4 is 17.7 Å². The molecule has 2 rings (SSSR count). The number of para-hydroxylation sites is 1. The zero-order valence-corrected chi connectivity index (χ0v) is 14.0. The Kier molecular flexibility index (Phi) is 6.17. The molecule has 1 heterocycles. The van der Waals surface area contributed by atoms with Crippen LogP contribution in [0.15, 0.2) is 30.3 Å². The number of benzene rings is 1. The van der Waals surface area contributed by atoms with Crippen LogP contribution in [0.2, 0.25) is 0 Å². The van der Waals surface area contributed by atoms with Crippen molar-refractivity contribution in [1.29, 1.82) is 0 Å². The number of likely N-dealkylation sites (N-methyl/N-ethyl adjacent to an activating group) is 1. The van der Waals surface area contributed by atoms with Crippen molar-refractivity contribution in [3.63, 3.8) is 0 Å². The fourth-order valence-corrected chi connectivity index (χ4v) is 2.71. The number of carbonyl (C=O) groups is 3. The van der Waals surface area contributed by atoms with Gasteiger partial charge in [0, 0.05) is 27.1 Å². The largest absolute Gasteiger partial charge is 0.493 e. The molecule has 0 saturated carbocycles. The van der Waals surface area contributed by atoms with Gasteiger partial charge in [0.25, 0.3) is 0 Å². The van der Waals surface area contributed by atoms with Gasteiger partial charge < -0.3 is 19.9 Å². The summed E-state index contributed by atoms with van der Waals surface area (Å²) in [5.41, 5.74) is 0. The number of ether oxygens (including phenoxy) is 1. The summed E-state index contributed by atoms with van der Waals surface area (Å²) in [4.78, 5) is 39.1. The number of nitrogens with one attached hydrogen (secondary N) is 1. The van der Waals surface area contributed by atoms with E-state index in [-0.39, 0.29) is 37.3 Å². The van der Waals surface area contributed by atoms with Gasteiger partial charge in [0.05, 0.1) is 19.6 Å². The maximum atomic E-state index is 12.3. The van der Waals surface area contributed by atoms with Crippen LogP contribution in [0.1, 0.15) is 13.3 Å². The Bertz CT molecular complexity index is 591. The lowest BCUT2D eigenvalue weighted by Gasteiger charge is -2.40. The van der Waals surface area contributed by atoms with Gasteiger partial charge in [0.2, 0.25) is 17.7 Å². The van der Waals surface area contributed by atoms with Crippen LogP contribution < -0.4 is 10.1 Å². The van der Waals surface area contributed by atoms with Gasteiger partial charge >= 0.3 is 0 Å². The minimum absolute atomic E-state index is 0.0805. The molecule has 0 aromatic heterocycles. The summed E-state index contributed by atoms with van der Waals surface area (Å²) in [5.74, 6) is 0.212. The molecule has 0 unspecified atom stereocenters. The SMILES string of the molecule is CNC(=O)[C@H]1CN(C(=O)CCOc2ccccc2)CCN1C(C)=O. The fourth-order valence-electron chi connectivity index (χ4n) is 2.71. The predicted molar refractivity (Wildman–Crippen MR) is 88.4 cm³/mol. The van der Waals surface area contributed by atoms with E-state index in [1.165, 1.54) is 18.9 Å². The second-order valence-corrected chi connectivity index (χ2v) is 5.59. The molecule has 0 spiro atoms. The van der Waals surface area contributed by atoms with Crippen molar-refractivity contribution in [3.05, 3.63) is 30.3 Å². The zero-order chi connectivity index (χ0) is 17.5. The number of nitrogens with zero attached hydrogens (tertiary/aromatic N) is 2. The minimum Gasteiger partial charge on any atom is -0.493 e. The van der Waals surface area contributed by atoms with Gasteiger partial charge in [-0.15, -0.1) is 0 Å². The average Bonchev–Trinajstić information content (AvgIpc) is 2.61. The molecule has 1 aromatic carbocycles. The van der Waals surface area contributed by atoms with Gasteiger partial charge in [-0.3, -0.25) is 14.4 Å². The van der Waals surface area contributed by atoms with Crippen LogP contribution in [-0.2, 0) is 14.4 Å². The number of hydrogen-bond acceptors (Lipinski definition) is 4. The Morgan fingerprint density at radius 2 is 1.92 bits per heavy atom. The van der Waals surface area contributed by atoms with E-state index in [0.717, 1.165) is 5.75 Å². The second kappa shape index (κ2) is 8.33. The quantitative estimate of drug-likeness (QED) is 0.838. The summed E-state index contributed by atoms with van der Waals surface area (Å²) >= 11 is 0. The Balaban J connectivity index is 1.88. The number of rotatable bonds is 5. The van der Waals surface area contributed by atoms with Crippen molar-refractivity contribution in [2.45, 2.75) is 19.4 Å². The first-order valence-electron chi connectivity index (χ1n) is 7.97. The maximum absolute atomic E-state index is 12.3. The van der Waals surface area contributed by atoms with Crippen LogP contribution in [0.4, 0.5) is 0 Å². The second-order valence-electron chi connectivity index (χ2n) is 5.59. The predicted octanol–water partition coefficient (Wildman–Crippen LogP) is 0.261. The van der Waals surface area contributed by atoms with Gasteiger partial charge in [-0.1, -0.05) is 18.2 Å². The Morgan fingerprint density at radius 3 is 2.54 bits per heavy atom. The van der Waals surface area contributed by atoms with E-state index in [1.54, 1.807) is 4.90 Å². The van der Waals surface area contributed by atoms with Crippen LogP contribution in [0.5, 0.6) is 5.75 Å². The molecule has 1 saturated heterocycles. The summed E-state index contributed by atoms with van der Waals surface area (Å²) < 4.78 is 5.53. The lowest BCUT2D eigenvalue weighted by Crippen LogP contribution is -2.60. The first kappa shape index (κ1) is 17.8. The lowest BCUT2D eigenvalue weighted by atomic mass is 10.1. The smallest absolute Gasteiger partial charge is 0.244 e. The monoisotopic (exact) mass is 333 g/mol. The molecule has 0 bridgehead atoms. The summed E-state index contributed by atoms with van der Waals surface area (Å²) in [7, 11) is 1.52. The highest BCUT2D eigenvalue weighted by Gasteiger charge is 2.34. The molecule has 1 fully saturated rings. The first-order valence-corrected chi connectivity index (χ1v) is 7.97. The molecule has 1 aliphatic rings. The standard InChI is InChI=1S/C17H23N3O4/c1-13(21)20-10-9-19(12-15(20)17(23)18-2)16(22)8-11-24-14-6-4-3-5-7-14/h3-7,15H,8-12H2,1-2H3,(H,18,23)/t15-/m1/s1. The maximum Gasteiger partial charge on any atom is 0.244 e. The highest BCUT2D eigenvalue weighted by atomic mass is 16.5. The van der Waals surface area contributed by atoms with Gasteiger partial charge in [-0.25, -0.2) is 0 Å². The number of amides is 3. The van der Waals surface area contributed by atoms with E-state index in [0.29, 0.717) is 13.1 Å². The van der Waals surface area contributed by atoms with Gasteiger partial charge in [-0.05, 0) is 12.1 Å². The highest BCUT2D eigenvalue weighted by molar-refractivity contribution is 5.88. The normalized spacial score (nSPS) is 17.3. The Morgan fingerprint density at radius 1 is 1.21 bits per heavy atom. The number of hydrogen-bond donors (Lipinski definition) is 1. The molecule has 1 atom stereocenters. The average molecular weight is 333 g/mol. The molecule has 1 N–H and O–H groups in total. The first-order chi connectivity index (χ1) is 11.5. The molecule has 7 nitrogen and oxygen atoms in total. The van der Waals surface area contributed by atoms with Gasteiger partial charge in [0.15, 0.2) is 0 Å². The zero-order valence-electron chi connectivity index (χ0n) is 14.0. The van der Waals surface area contributed by atoms with E-state index >= 15 is 0 Å². The van der Waals surface area contributed by atoms with Crippen LogP contribution in [-0.4, -0.2) is 66.9 Å². The third kappa shape index (κ3) is 4.47. The molecule has 24 heavy (non-hydrogen) atoms. The number of piperazine rings is 1. The molecule has 0 radical (unpaired) electrons. The minimum atomic E-state index is -0.639. The Labute approximate surface area is 141 Å². The number of carbonyl (C=O) groups excluding carboxylic acids is 3. The fraction of sp³-hybridized carbons (Fsp3) is 0.471. The van der Waals surface area contributed by atoms with Gasteiger partial charge in [0.1, 0.15) is 11.8 Å². The topological polar surface area (TPSA) is 79.0 Å². The van der Waals surface area contributed by atoms with Crippen molar-refractivity contribution in [2.24, 2.45) is 0 Å². The van der Waals surface area contributed by atoms with E-state index in [1.807, 2.05) is 30.3 Å². The molecule has 7 heteroatoms. The van der Waals surface area contributed by atoms with E-state index in [2.05, 4.69) is 5.32 Å².